The molecule has 0 heterocycles. The first-order valence-corrected chi connectivity index (χ1v) is 7.02. The van der Waals surface area contributed by atoms with Gasteiger partial charge in [-0.3, -0.25) is 4.79 Å². The van der Waals surface area contributed by atoms with Crippen LogP contribution in [-0.4, -0.2) is 23.0 Å². The maximum atomic E-state index is 12.1. The van der Waals surface area contributed by atoms with Crippen molar-refractivity contribution >= 4 is 39.4 Å². The Bertz CT molecular complexity index is 493. The maximum absolute atomic E-state index is 12.1. The van der Waals surface area contributed by atoms with Gasteiger partial charge in [0.05, 0.1) is 10.6 Å². The number of carboxylic acids is 1. The van der Waals surface area contributed by atoms with Gasteiger partial charge in [0.25, 0.3) is 5.91 Å². The van der Waals surface area contributed by atoms with Gasteiger partial charge < -0.3 is 10.4 Å². The number of carbonyl (C=O) groups excluding carboxylic acids is 1. The number of hydrogen-bond acceptors (Lipinski definition) is 2. The smallest absolute Gasteiger partial charge is 0.326 e. The standard InChI is InChI=1S/C13H15BrClNO3/c1-3-7(2)11(13(18)19)16-12(17)9-6-8(14)4-5-10(9)15/h4-7,11H,3H2,1-2H3,(H,16,17)(H,18,19)/t7?,11-/m0/s1. The minimum absolute atomic E-state index is 0.160. The van der Waals surface area contributed by atoms with E-state index in [1.54, 1.807) is 25.1 Å². The summed E-state index contributed by atoms with van der Waals surface area (Å²) in [5, 5.41) is 11.9. The number of nitrogens with one attached hydrogen (secondary N) is 1. The van der Waals surface area contributed by atoms with Crippen molar-refractivity contribution in [1.29, 1.82) is 0 Å². The zero-order valence-electron chi connectivity index (χ0n) is 10.6. The van der Waals surface area contributed by atoms with Crippen molar-refractivity contribution in [2.75, 3.05) is 0 Å². The van der Waals surface area contributed by atoms with Gasteiger partial charge in [-0.25, -0.2) is 4.79 Å². The van der Waals surface area contributed by atoms with E-state index in [1.165, 1.54) is 0 Å². The van der Waals surface area contributed by atoms with Gasteiger partial charge in [-0.05, 0) is 24.1 Å². The molecule has 0 aromatic heterocycles. The van der Waals surface area contributed by atoms with E-state index < -0.39 is 17.9 Å². The highest BCUT2D eigenvalue weighted by Gasteiger charge is 2.26. The summed E-state index contributed by atoms with van der Waals surface area (Å²) >= 11 is 9.19. The summed E-state index contributed by atoms with van der Waals surface area (Å²) in [4.78, 5) is 23.2. The van der Waals surface area contributed by atoms with Crippen LogP contribution in [0.15, 0.2) is 22.7 Å². The van der Waals surface area contributed by atoms with Crippen molar-refractivity contribution in [3.8, 4) is 0 Å². The summed E-state index contributed by atoms with van der Waals surface area (Å²) in [6, 6.07) is 3.93. The Balaban J connectivity index is 2.94. The van der Waals surface area contributed by atoms with Crippen LogP contribution in [0.25, 0.3) is 0 Å². The monoisotopic (exact) mass is 347 g/mol. The molecule has 0 radical (unpaired) electrons. The van der Waals surface area contributed by atoms with Crippen LogP contribution in [0.1, 0.15) is 30.6 Å². The molecule has 1 aromatic carbocycles. The highest BCUT2D eigenvalue weighted by molar-refractivity contribution is 9.10. The number of rotatable bonds is 5. The Morgan fingerprint density at radius 2 is 2.11 bits per heavy atom. The van der Waals surface area contributed by atoms with Crippen molar-refractivity contribution in [3.05, 3.63) is 33.3 Å². The molecule has 2 atom stereocenters. The Labute approximate surface area is 125 Å². The Kier molecular flexibility index (Phi) is 5.82. The number of halogens is 2. The first kappa shape index (κ1) is 16.0. The molecule has 0 fully saturated rings. The number of carboxylic acid groups (broad SMARTS) is 1. The zero-order valence-corrected chi connectivity index (χ0v) is 13.0. The fourth-order valence-corrected chi connectivity index (χ4v) is 2.14. The van der Waals surface area contributed by atoms with E-state index in [1.807, 2.05) is 6.92 Å². The fourth-order valence-electron chi connectivity index (χ4n) is 1.57. The minimum Gasteiger partial charge on any atom is -0.480 e. The van der Waals surface area contributed by atoms with Crippen LogP contribution in [-0.2, 0) is 4.79 Å². The van der Waals surface area contributed by atoms with E-state index in [-0.39, 0.29) is 16.5 Å². The van der Waals surface area contributed by atoms with Crippen molar-refractivity contribution in [2.45, 2.75) is 26.3 Å². The molecule has 1 aromatic rings. The molecule has 0 aliphatic rings. The normalized spacial score (nSPS) is 13.7. The largest absolute Gasteiger partial charge is 0.480 e. The number of amides is 1. The quantitative estimate of drug-likeness (QED) is 0.857. The van der Waals surface area contributed by atoms with Gasteiger partial charge in [-0.15, -0.1) is 0 Å². The molecule has 0 saturated carbocycles. The first-order valence-electron chi connectivity index (χ1n) is 5.85. The number of carbonyl (C=O) groups is 2. The van der Waals surface area contributed by atoms with Crippen molar-refractivity contribution in [3.63, 3.8) is 0 Å². The van der Waals surface area contributed by atoms with Gasteiger partial charge >= 0.3 is 5.97 Å². The summed E-state index contributed by atoms with van der Waals surface area (Å²) in [6.45, 7) is 3.65. The third kappa shape index (κ3) is 4.21. The third-order valence-corrected chi connectivity index (χ3v) is 3.76. The van der Waals surface area contributed by atoms with Gasteiger partial charge in [0.15, 0.2) is 0 Å². The molecule has 1 unspecified atom stereocenters. The van der Waals surface area contributed by atoms with Gasteiger partial charge in [-0.1, -0.05) is 47.8 Å². The van der Waals surface area contributed by atoms with E-state index in [4.69, 9.17) is 16.7 Å². The SMILES string of the molecule is CCC(C)[C@H](NC(=O)c1cc(Br)ccc1Cl)C(=O)O. The van der Waals surface area contributed by atoms with Gasteiger partial charge in [0, 0.05) is 4.47 Å². The second-order valence-electron chi connectivity index (χ2n) is 4.30. The van der Waals surface area contributed by atoms with E-state index in [0.29, 0.717) is 10.9 Å². The Morgan fingerprint density at radius 3 is 2.63 bits per heavy atom. The molecule has 104 valence electrons. The molecular formula is C13H15BrClNO3. The molecule has 0 aliphatic heterocycles. The van der Waals surface area contributed by atoms with Crippen molar-refractivity contribution in [1.82, 2.24) is 5.32 Å². The first-order chi connectivity index (χ1) is 8.86. The molecule has 1 rings (SSSR count). The van der Waals surface area contributed by atoms with Crippen LogP contribution in [0.4, 0.5) is 0 Å². The number of hydrogen-bond donors (Lipinski definition) is 2. The lowest BCUT2D eigenvalue weighted by Gasteiger charge is -2.20. The van der Waals surface area contributed by atoms with Crippen molar-refractivity contribution < 1.29 is 14.7 Å². The molecule has 0 aliphatic carbocycles. The summed E-state index contributed by atoms with van der Waals surface area (Å²) in [6.07, 6.45) is 0.656. The second-order valence-corrected chi connectivity index (χ2v) is 5.62. The maximum Gasteiger partial charge on any atom is 0.326 e. The predicted octanol–water partition coefficient (Wildman–Crippen LogP) is 3.33. The molecule has 0 spiro atoms. The molecule has 19 heavy (non-hydrogen) atoms. The third-order valence-electron chi connectivity index (χ3n) is 2.94. The minimum atomic E-state index is -1.05. The highest BCUT2D eigenvalue weighted by atomic mass is 79.9. The van der Waals surface area contributed by atoms with E-state index in [2.05, 4.69) is 21.2 Å². The Hall–Kier alpha value is -1.07. The predicted molar refractivity (Wildman–Crippen MR) is 77.5 cm³/mol. The van der Waals surface area contributed by atoms with Crippen molar-refractivity contribution in [2.24, 2.45) is 5.92 Å². The lowest BCUT2D eigenvalue weighted by molar-refractivity contribution is -0.140. The number of aliphatic carboxylic acids is 1. The van der Waals surface area contributed by atoms with Gasteiger partial charge in [0.1, 0.15) is 6.04 Å². The van der Waals surface area contributed by atoms with E-state index >= 15 is 0 Å². The van der Waals surface area contributed by atoms with Crippen LogP contribution < -0.4 is 5.32 Å². The molecule has 0 saturated heterocycles. The fraction of sp³-hybridized carbons (Fsp3) is 0.385. The van der Waals surface area contributed by atoms with Gasteiger partial charge in [0.2, 0.25) is 0 Å². The van der Waals surface area contributed by atoms with Crippen LogP contribution in [0.3, 0.4) is 0 Å². The summed E-state index contributed by atoms with van der Waals surface area (Å²) in [5.74, 6) is -1.69. The summed E-state index contributed by atoms with van der Waals surface area (Å²) in [5.41, 5.74) is 0.255. The van der Waals surface area contributed by atoms with E-state index in [9.17, 15) is 9.59 Å². The molecule has 1 amide bonds. The zero-order chi connectivity index (χ0) is 14.6. The summed E-state index contributed by atoms with van der Waals surface area (Å²) in [7, 11) is 0. The average Bonchev–Trinajstić information content (AvgIpc) is 2.37. The molecule has 0 bridgehead atoms. The van der Waals surface area contributed by atoms with Crippen LogP contribution in [0.5, 0.6) is 0 Å². The molecule has 2 N–H and O–H groups in total. The van der Waals surface area contributed by atoms with Crippen LogP contribution in [0, 0.1) is 5.92 Å². The second kappa shape index (κ2) is 6.91. The topological polar surface area (TPSA) is 66.4 Å². The lowest BCUT2D eigenvalue weighted by Crippen LogP contribution is -2.45. The number of benzene rings is 1. The lowest BCUT2D eigenvalue weighted by atomic mass is 9.99. The molecule has 6 heteroatoms. The van der Waals surface area contributed by atoms with Gasteiger partial charge in [-0.2, -0.15) is 0 Å². The molecular weight excluding hydrogens is 334 g/mol. The Morgan fingerprint density at radius 1 is 1.47 bits per heavy atom. The van der Waals surface area contributed by atoms with Crippen LogP contribution in [0.2, 0.25) is 5.02 Å². The van der Waals surface area contributed by atoms with E-state index in [0.717, 1.165) is 0 Å². The highest BCUT2D eigenvalue weighted by Crippen LogP contribution is 2.21. The molecule has 4 nitrogen and oxygen atoms in total. The van der Waals surface area contributed by atoms with Crippen LogP contribution >= 0.6 is 27.5 Å². The average molecular weight is 349 g/mol. The summed E-state index contributed by atoms with van der Waals surface area (Å²) < 4.78 is 0.706.